The van der Waals surface area contributed by atoms with Crippen molar-refractivity contribution in [1.82, 2.24) is 14.5 Å². The highest BCUT2D eigenvalue weighted by molar-refractivity contribution is 6.02. The van der Waals surface area contributed by atoms with Gasteiger partial charge in [0.05, 0.1) is 17.6 Å². The van der Waals surface area contributed by atoms with E-state index in [0.29, 0.717) is 0 Å². The van der Waals surface area contributed by atoms with Crippen LogP contribution in [-0.2, 0) is 4.74 Å². The first-order chi connectivity index (χ1) is 10.8. The minimum absolute atomic E-state index is 0.113. The number of carbonyl (C=O) groups is 1. The standard InChI is InChI=1S/C12H14N4O7/c13-12-14-8-5(9(20)15-12)3(11(21)22)1-16(8)10-7(19)6(18)4(2-17)23-10/h1,4,6-7,10,17-19H,2H2,(H,21,22)(H3,13,14,15,20)/t4-,6-,7-,10?/m1/s1. The molecule has 0 aromatic carbocycles. The molecule has 1 unspecified atom stereocenters. The number of fused-ring (bicyclic) bond motifs is 1. The van der Waals surface area contributed by atoms with Crippen LogP contribution in [0.3, 0.4) is 0 Å². The number of aromatic carboxylic acids is 1. The second-order valence-corrected chi connectivity index (χ2v) is 5.13. The van der Waals surface area contributed by atoms with Gasteiger partial charge in [0.1, 0.15) is 18.3 Å². The average molecular weight is 326 g/mol. The molecule has 3 rings (SSSR count). The van der Waals surface area contributed by atoms with E-state index >= 15 is 0 Å². The number of carboxylic acid groups (broad SMARTS) is 1. The molecule has 0 saturated carbocycles. The minimum Gasteiger partial charge on any atom is -0.478 e. The lowest BCUT2D eigenvalue weighted by Gasteiger charge is -2.17. The molecule has 0 aliphatic carbocycles. The van der Waals surface area contributed by atoms with E-state index in [1.165, 1.54) is 0 Å². The quantitative estimate of drug-likeness (QED) is 0.358. The van der Waals surface area contributed by atoms with Gasteiger partial charge in [-0.3, -0.25) is 9.78 Å². The zero-order valence-corrected chi connectivity index (χ0v) is 11.6. The number of H-pyrrole nitrogens is 1. The molecule has 0 bridgehead atoms. The summed E-state index contributed by atoms with van der Waals surface area (Å²) in [5.41, 5.74) is 4.25. The first-order valence-corrected chi connectivity index (χ1v) is 6.61. The fourth-order valence-electron chi connectivity index (χ4n) is 2.64. The van der Waals surface area contributed by atoms with Crippen LogP contribution in [-0.4, -0.2) is 65.8 Å². The number of aromatic nitrogens is 3. The van der Waals surface area contributed by atoms with Gasteiger partial charge in [0.25, 0.3) is 5.56 Å². The topological polar surface area (TPSA) is 184 Å². The van der Waals surface area contributed by atoms with E-state index in [1.807, 2.05) is 0 Å². The lowest BCUT2D eigenvalue weighted by molar-refractivity contribution is -0.0509. The molecule has 124 valence electrons. The summed E-state index contributed by atoms with van der Waals surface area (Å²) in [6.45, 7) is -0.546. The number of nitrogens with one attached hydrogen (secondary N) is 1. The molecule has 1 aliphatic heterocycles. The number of hydrogen-bond donors (Lipinski definition) is 6. The number of nitrogens with two attached hydrogens (primary N) is 1. The van der Waals surface area contributed by atoms with E-state index in [0.717, 1.165) is 10.8 Å². The van der Waals surface area contributed by atoms with Crippen molar-refractivity contribution in [3.63, 3.8) is 0 Å². The molecule has 0 amide bonds. The predicted molar refractivity (Wildman–Crippen MR) is 74.7 cm³/mol. The highest BCUT2D eigenvalue weighted by Gasteiger charge is 2.44. The largest absolute Gasteiger partial charge is 0.478 e. The maximum atomic E-state index is 12.0. The second-order valence-electron chi connectivity index (χ2n) is 5.13. The number of nitrogen functional groups attached to an aromatic ring is 1. The van der Waals surface area contributed by atoms with Gasteiger partial charge >= 0.3 is 5.97 Å². The summed E-state index contributed by atoms with van der Waals surface area (Å²) in [6, 6.07) is 0. The summed E-state index contributed by atoms with van der Waals surface area (Å²) in [5, 5.41) is 38.0. The van der Waals surface area contributed by atoms with E-state index in [1.54, 1.807) is 0 Å². The predicted octanol–water partition coefficient (Wildman–Crippen LogP) is -2.38. The van der Waals surface area contributed by atoms with Crippen LogP contribution >= 0.6 is 0 Å². The molecule has 0 spiro atoms. The number of ether oxygens (including phenoxy) is 1. The molecule has 2 aromatic heterocycles. The first kappa shape index (κ1) is 15.4. The van der Waals surface area contributed by atoms with Crippen LogP contribution in [0.1, 0.15) is 16.6 Å². The number of anilines is 1. The van der Waals surface area contributed by atoms with Crippen LogP contribution in [0, 0.1) is 0 Å². The van der Waals surface area contributed by atoms with Crippen molar-refractivity contribution in [2.75, 3.05) is 12.3 Å². The van der Waals surface area contributed by atoms with Crippen LogP contribution in [0.4, 0.5) is 5.95 Å². The number of carboxylic acids is 1. The first-order valence-electron chi connectivity index (χ1n) is 6.61. The van der Waals surface area contributed by atoms with Gasteiger partial charge in [-0.2, -0.15) is 4.98 Å². The molecule has 23 heavy (non-hydrogen) atoms. The van der Waals surface area contributed by atoms with Crippen LogP contribution in [0.2, 0.25) is 0 Å². The molecule has 7 N–H and O–H groups in total. The van der Waals surface area contributed by atoms with Gasteiger partial charge in [-0.1, -0.05) is 0 Å². The Bertz CT molecular complexity index is 829. The van der Waals surface area contributed by atoms with Crippen LogP contribution in [0.5, 0.6) is 0 Å². The van der Waals surface area contributed by atoms with Crippen molar-refractivity contribution >= 4 is 23.0 Å². The summed E-state index contributed by atoms with van der Waals surface area (Å²) in [6.07, 6.45) is -4.05. The number of nitrogens with zero attached hydrogens (tertiary/aromatic N) is 2. The van der Waals surface area contributed by atoms with Crippen LogP contribution in [0.25, 0.3) is 11.0 Å². The molecule has 1 saturated heterocycles. The highest BCUT2D eigenvalue weighted by atomic mass is 16.6. The summed E-state index contributed by atoms with van der Waals surface area (Å²) < 4.78 is 6.43. The average Bonchev–Trinajstić information content (AvgIpc) is 2.99. The highest BCUT2D eigenvalue weighted by Crippen LogP contribution is 2.32. The number of hydrogen-bond acceptors (Lipinski definition) is 8. The summed E-state index contributed by atoms with van der Waals surface area (Å²) in [4.78, 5) is 29.4. The number of aliphatic hydroxyl groups excluding tert-OH is 3. The lowest BCUT2D eigenvalue weighted by Crippen LogP contribution is -2.33. The molecule has 3 heterocycles. The number of rotatable bonds is 3. The van der Waals surface area contributed by atoms with Crippen molar-refractivity contribution in [3.8, 4) is 0 Å². The van der Waals surface area contributed by atoms with E-state index in [-0.39, 0.29) is 22.5 Å². The Labute approximate surface area is 127 Å². The third-order valence-corrected chi connectivity index (χ3v) is 3.72. The molecule has 0 radical (unpaired) electrons. The monoisotopic (exact) mass is 326 g/mol. The summed E-state index contributed by atoms with van der Waals surface area (Å²) in [5.74, 6) is -1.62. The Morgan fingerprint density at radius 3 is 2.70 bits per heavy atom. The van der Waals surface area contributed by atoms with Crippen molar-refractivity contribution in [2.24, 2.45) is 0 Å². The van der Waals surface area contributed by atoms with Gasteiger partial charge in [-0.15, -0.1) is 0 Å². The van der Waals surface area contributed by atoms with Crippen molar-refractivity contribution in [2.45, 2.75) is 24.5 Å². The summed E-state index contributed by atoms with van der Waals surface area (Å²) >= 11 is 0. The lowest BCUT2D eigenvalue weighted by atomic mass is 10.1. The number of aromatic amines is 1. The normalized spacial score (nSPS) is 27.6. The molecule has 1 fully saturated rings. The number of aliphatic hydroxyl groups is 3. The Balaban J connectivity index is 2.23. The molecule has 1 aliphatic rings. The van der Waals surface area contributed by atoms with E-state index in [9.17, 15) is 24.9 Å². The van der Waals surface area contributed by atoms with E-state index in [4.69, 9.17) is 15.6 Å². The zero-order valence-electron chi connectivity index (χ0n) is 11.6. The SMILES string of the molecule is Nc1nc2c(c(C(=O)O)cn2C2O[C@H](CO)[C@@H](O)[C@H]2O)c(=O)[nH]1. The van der Waals surface area contributed by atoms with E-state index in [2.05, 4.69) is 9.97 Å². The molecule has 11 heteroatoms. The Morgan fingerprint density at radius 1 is 1.43 bits per heavy atom. The van der Waals surface area contributed by atoms with Gasteiger partial charge in [0.2, 0.25) is 5.95 Å². The van der Waals surface area contributed by atoms with Crippen molar-refractivity contribution in [1.29, 1.82) is 0 Å². The summed E-state index contributed by atoms with van der Waals surface area (Å²) in [7, 11) is 0. The maximum absolute atomic E-state index is 12.0. The van der Waals surface area contributed by atoms with Gasteiger partial charge in [-0.25, -0.2) is 4.79 Å². The van der Waals surface area contributed by atoms with Gasteiger partial charge in [0.15, 0.2) is 11.9 Å². The van der Waals surface area contributed by atoms with Gasteiger partial charge in [0, 0.05) is 6.20 Å². The molecular weight excluding hydrogens is 312 g/mol. The molecular formula is C12H14N4O7. The van der Waals surface area contributed by atoms with Gasteiger partial charge < -0.3 is 35.5 Å². The van der Waals surface area contributed by atoms with Crippen LogP contribution < -0.4 is 11.3 Å². The molecule has 4 atom stereocenters. The van der Waals surface area contributed by atoms with Gasteiger partial charge in [-0.05, 0) is 0 Å². The molecule has 11 nitrogen and oxygen atoms in total. The third kappa shape index (κ3) is 2.26. The van der Waals surface area contributed by atoms with Crippen molar-refractivity contribution < 1.29 is 30.0 Å². The fraction of sp³-hybridized carbons (Fsp3) is 0.417. The maximum Gasteiger partial charge on any atom is 0.338 e. The Hall–Kier alpha value is -2.47. The Kier molecular flexibility index (Phi) is 3.56. The third-order valence-electron chi connectivity index (χ3n) is 3.72. The molecule has 2 aromatic rings. The van der Waals surface area contributed by atoms with Crippen LogP contribution in [0.15, 0.2) is 11.0 Å². The van der Waals surface area contributed by atoms with Crippen molar-refractivity contribution in [3.05, 3.63) is 22.1 Å². The fourth-order valence-corrected chi connectivity index (χ4v) is 2.64. The zero-order chi connectivity index (χ0) is 16.9. The second kappa shape index (κ2) is 5.31. The van der Waals surface area contributed by atoms with E-state index < -0.39 is 42.7 Å². The minimum atomic E-state index is -1.45. The smallest absolute Gasteiger partial charge is 0.338 e. The Morgan fingerprint density at radius 2 is 2.13 bits per heavy atom.